The maximum absolute atomic E-state index is 11.1. The zero-order chi connectivity index (χ0) is 12.0. The minimum Gasteiger partial charge on any atom is -0.507 e. The number of piperidine rings is 1. The Hall–Kier alpha value is -1.23. The second kappa shape index (κ2) is 6.37. The van der Waals surface area contributed by atoms with Crippen LogP contribution < -0.4 is 0 Å². The Labute approximate surface area is 95.3 Å². The van der Waals surface area contributed by atoms with Crippen molar-refractivity contribution < 1.29 is 19.7 Å². The van der Waals surface area contributed by atoms with Gasteiger partial charge in [0, 0.05) is 0 Å². The number of esters is 1. The van der Waals surface area contributed by atoms with Gasteiger partial charge in [-0.05, 0) is 32.9 Å². The SMILES string of the molecule is CCOC(=O)/C(O)=C(/O)CN1CCCCC1. The molecule has 92 valence electrons. The van der Waals surface area contributed by atoms with Gasteiger partial charge in [-0.2, -0.15) is 0 Å². The molecule has 2 N–H and O–H groups in total. The molecule has 0 spiro atoms. The number of rotatable bonds is 4. The first-order valence-electron chi connectivity index (χ1n) is 5.65. The summed E-state index contributed by atoms with van der Waals surface area (Å²) in [6.45, 7) is 3.82. The highest BCUT2D eigenvalue weighted by atomic mass is 16.5. The number of carbonyl (C=O) groups is 1. The van der Waals surface area contributed by atoms with Crippen LogP contribution in [0.5, 0.6) is 0 Å². The summed E-state index contributed by atoms with van der Waals surface area (Å²) in [5.74, 6) is -1.84. The minimum absolute atomic E-state index is 0.180. The summed E-state index contributed by atoms with van der Waals surface area (Å²) in [7, 11) is 0. The molecule has 5 heteroatoms. The van der Waals surface area contributed by atoms with Crippen LogP contribution in [0.15, 0.2) is 11.5 Å². The number of ether oxygens (including phenoxy) is 1. The van der Waals surface area contributed by atoms with Crippen molar-refractivity contribution >= 4 is 5.97 Å². The van der Waals surface area contributed by atoms with Crippen LogP contribution in [0.2, 0.25) is 0 Å². The van der Waals surface area contributed by atoms with Crippen LogP contribution in [0.4, 0.5) is 0 Å². The lowest BCUT2D eigenvalue weighted by molar-refractivity contribution is -0.141. The molecule has 16 heavy (non-hydrogen) atoms. The molecule has 0 aromatic rings. The fourth-order valence-corrected chi connectivity index (χ4v) is 1.72. The highest BCUT2D eigenvalue weighted by molar-refractivity contribution is 5.86. The Morgan fingerprint density at radius 2 is 1.88 bits per heavy atom. The van der Waals surface area contributed by atoms with Crippen molar-refractivity contribution in [1.82, 2.24) is 4.90 Å². The third-order valence-electron chi connectivity index (χ3n) is 2.56. The van der Waals surface area contributed by atoms with E-state index in [1.54, 1.807) is 6.92 Å². The fraction of sp³-hybridized carbons (Fsp3) is 0.727. The van der Waals surface area contributed by atoms with Gasteiger partial charge >= 0.3 is 5.97 Å². The van der Waals surface area contributed by atoms with Gasteiger partial charge in [-0.25, -0.2) is 4.79 Å². The average Bonchev–Trinajstić information content (AvgIpc) is 2.29. The monoisotopic (exact) mass is 229 g/mol. The van der Waals surface area contributed by atoms with Gasteiger partial charge in [-0.1, -0.05) is 6.42 Å². The predicted molar refractivity (Wildman–Crippen MR) is 59.2 cm³/mol. The third kappa shape index (κ3) is 3.73. The summed E-state index contributed by atoms with van der Waals surface area (Å²) in [6, 6.07) is 0. The summed E-state index contributed by atoms with van der Waals surface area (Å²) in [5, 5.41) is 18.9. The highest BCUT2D eigenvalue weighted by Gasteiger charge is 2.18. The van der Waals surface area contributed by atoms with E-state index in [-0.39, 0.29) is 18.9 Å². The van der Waals surface area contributed by atoms with Gasteiger partial charge in [0.2, 0.25) is 5.76 Å². The maximum Gasteiger partial charge on any atom is 0.377 e. The van der Waals surface area contributed by atoms with E-state index in [0.29, 0.717) is 0 Å². The van der Waals surface area contributed by atoms with Crippen molar-refractivity contribution in [1.29, 1.82) is 0 Å². The van der Waals surface area contributed by atoms with Crippen LogP contribution >= 0.6 is 0 Å². The molecule has 0 amide bonds. The standard InChI is InChI=1S/C11H19NO4/c1-2-16-11(15)10(14)9(13)8-12-6-4-3-5-7-12/h13-14H,2-8H2,1H3/b10-9-. The summed E-state index contributed by atoms with van der Waals surface area (Å²) in [4.78, 5) is 13.1. The minimum atomic E-state index is -0.864. The molecular formula is C11H19NO4. The van der Waals surface area contributed by atoms with Gasteiger partial charge in [-0.3, -0.25) is 4.90 Å². The number of hydrogen-bond acceptors (Lipinski definition) is 5. The van der Waals surface area contributed by atoms with Gasteiger partial charge in [0.25, 0.3) is 0 Å². The summed E-state index contributed by atoms with van der Waals surface area (Å²) in [6.07, 6.45) is 3.38. The van der Waals surface area contributed by atoms with Gasteiger partial charge < -0.3 is 14.9 Å². The normalized spacial score (nSPS) is 19.1. The number of hydrogen-bond donors (Lipinski definition) is 2. The van der Waals surface area contributed by atoms with Gasteiger partial charge in [0.05, 0.1) is 13.2 Å². The molecule has 5 nitrogen and oxygen atoms in total. The largest absolute Gasteiger partial charge is 0.507 e. The Morgan fingerprint density at radius 3 is 2.44 bits per heavy atom. The van der Waals surface area contributed by atoms with E-state index in [0.717, 1.165) is 25.9 Å². The van der Waals surface area contributed by atoms with Crippen molar-refractivity contribution in [2.45, 2.75) is 26.2 Å². The van der Waals surface area contributed by atoms with E-state index >= 15 is 0 Å². The number of aliphatic hydroxyl groups excluding tert-OH is 2. The van der Waals surface area contributed by atoms with Crippen LogP contribution in [-0.4, -0.2) is 47.3 Å². The summed E-state index contributed by atoms with van der Waals surface area (Å²) in [5.41, 5.74) is 0. The fourth-order valence-electron chi connectivity index (χ4n) is 1.72. The number of nitrogens with zero attached hydrogens (tertiary/aromatic N) is 1. The van der Waals surface area contributed by atoms with E-state index in [1.807, 2.05) is 4.90 Å². The summed E-state index contributed by atoms with van der Waals surface area (Å²) >= 11 is 0. The van der Waals surface area contributed by atoms with Gasteiger partial charge in [-0.15, -0.1) is 0 Å². The zero-order valence-electron chi connectivity index (χ0n) is 9.61. The summed E-state index contributed by atoms with van der Waals surface area (Å²) < 4.78 is 4.59. The Balaban J connectivity index is 2.50. The van der Waals surface area contributed by atoms with Crippen molar-refractivity contribution in [2.24, 2.45) is 0 Å². The maximum atomic E-state index is 11.1. The molecule has 0 bridgehead atoms. The molecule has 0 aliphatic carbocycles. The number of likely N-dealkylation sites (tertiary alicyclic amines) is 1. The van der Waals surface area contributed by atoms with Gasteiger partial charge in [0.15, 0.2) is 5.76 Å². The molecule has 1 rings (SSSR count). The van der Waals surface area contributed by atoms with Crippen LogP contribution in [0.1, 0.15) is 26.2 Å². The molecule has 1 aliphatic heterocycles. The van der Waals surface area contributed by atoms with E-state index in [2.05, 4.69) is 4.74 Å². The number of aliphatic hydroxyl groups is 2. The van der Waals surface area contributed by atoms with Crippen LogP contribution in [-0.2, 0) is 9.53 Å². The molecule has 0 aromatic heterocycles. The van der Waals surface area contributed by atoms with Gasteiger partial charge in [0.1, 0.15) is 0 Å². The lowest BCUT2D eigenvalue weighted by Gasteiger charge is -2.25. The van der Waals surface area contributed by atoms with E-state index in [9.17, 15) is 15.0 Å². The van der Waals surface area contributed by atoms with E-state index < -0.39 is 11.7 Å². The van der Waals surface area contributed by atoms with E-state index in [1.165, 1.54) is 6.42 Å². The molecule has 1 heterocycles. The van der Waals surface area contributed by atoms with E-state index in [4.69, 9.17) is 0 Å². The molecule has 1 aliphatic rings. The van der Waals surface area contributed by atoms with Crippen LogP contribution in [0.3, 0.4) is 0 Å². The second-order valence-electron chi connectivity index (χ2n) is 3.85. The quantitative estimate of drug-likeness (QED) is 0.433. The Kier molecular flexibility index (Phi) is 5.11. The smallest absolute Gasteiger partial charge is 0.377 e. The lowest BCUT2D eigenvalue weighted by atomic mass is 10.1. The molecule has 0 radical (unpaired) electrons. The van der Waals surface area contributed by atoms with Crippen molar-refractivity contribution in [2.75, 3.05) is 26.2 Å². The Morgan fingerprint density at radius 1 is 1.25 bits per heavy atom. The predicted octanol–water partition coefficient (Wildman–Crippen LogP) is 1.36. The molecule has 0 atom stereocenters. The van der Waals surface area contributed by atoms with Crippen LogP contribution in [0, 0.1) is 0 Å². The lowest BCUT2D eigenvalue weighted by Crippen LogP contribution is -2.32. The molecule has 0 saturated carbocycles. The van der Waals surface area contributed by atoms with Crippen LogP contribution in [0.25, 0.3) is 0 Å². The number of carbonyl (C=O) groups excluding carboxylic acids is 1. The average molecular weight is 229 g/mol. The first-order chi connectivity index (χ1) is 7.65. The molecule has 1 saturated heterocycles. The zero-order valence-corrected chi connectivity index (χ0v) is 9.61. The Bertz CT molecular complexity index is 269. The first-order valence-corrected chi connectivity index (χ1v) is 5.65. The topological polar surface area (TPSA) is 70.0 Å². The van der Waals surface area contributed by atoms with Crippen molar-refractivity contribution in [3.63, 3.8) is 0 Å². The first kappa shape index (κ1) is 12.8. The highest BCUT2D eigenvalue weighted by Crippen LogP contribution is 2.11. The molecular weight excluding hydrogens is 210 g/mol. The molecule has 1 fully saturated rings. The second-order valence-corrected chi connectivity index (χ2v) is 3.85. The molecule has 0 unspecified atom stereocenters. The van der Waals surface area contributed by atoms with Crippen molar-refractivity contribution in [3.05, 3.63) is 11.5 Å². The van der Waals surface area contributed by atoms with Crippen molar-refractivity contribution in [3.8, 4) is 0 Å². The third-order valence-corrected chi connectivity index (χ3v) is 2.56. The molecule has 0 aromatic carbocycles.